The predicted octanol–water partition coefficient (Wildman–Crippen LogP) is 5.65. The number of allylic oxidation sites excluding steroid dienone is 1. The molecule has 1 aliphatic rings. The van der Waals surface area contributed by atoms with Crippen LogP contribution in [0.3, 0.4) is 0 Å². The molecule has 0 N–H and O–H groups in total. The third-order valence-corrected chi connectivity index (χ3v) is 5.50. The van der Waals surface area contributed by atoms with Gasteiger partial charge in [0.2, 0.25) is 0 Å². The number of fused-ring (bicyclic) bond motifs is 1. The van der Waals surface area contributed by atoms with Gasteiger partial charge < -0.3 is 4.74 Å². The molecule has 0 amide bonds. The summed E-state index contributed by atoms with van der Waals surface area (Å²) < 4.78 is 5.68. The summed E-state index contributed by atoms with van der Waals surface area (Å²) in [6.07, 6.45) is 8.72. The van der Waals surface area contributed by atoms with E-state index in [0.29, 0.717) is 0 Å². The maximum Gasteiger partial charge on any atom is 0.303 e. The minimum absolute atomic E-state index is 0.170. The van der Waals surface area contributed by atoms with Crippen LogP contribution in [0, 0.1) is 0 Å². The third kappa shape index (κ3) is 5.29. The smallest absolute Gasteiger partial charge is 0.303 e. The molecule has 1 aromatic rings. The quantitative estimate of drug-likeness (QED) is 0.508. The first kappa shape index (κ1) is 18.4. The van der Waals surface area contributed by atoms with E-state index in [2.05, 4.69) is 25.1 Å². The molecular weight excluding hydrogens is 328 g/mol. The molecule has 0 saturated carbocycles. The molecule has 1 aromatic carbocycles. The molecule has 0 aromatic heterocycles. The molecule has 2 nitrogen and oxygen atoms in total. The van der Waals surface area contributed by atoms with Crippen molar-refractivity contribution in [3.05, 3.63) is 46.4 Å². The van der Waals surface area contributed by atoms with Crippen molar-refractivity contribution in [2.45, 2.75) is 56.9 Å². The Labute approximate surface area is 148 Å². The van der Waals surface area contributed by atoms with Gasteiger partial charge in [-0.15, -0.1) is 23.4 Å². The van der Waals surface area contributed by atoms with Gasteiger partial charge in [-0.05, 0) is 50.8 Å². The number of thioether (sulfide) groups is 1. The van der Waals surface area contributed by atoms with Crippen LogP contribution in [0.2, 0.25) is 0 Å². The fraction of sp³-hybridized carbons (Fsp3) is 0.526. The topological polar surface area (TPSA) is 26.3 Å². The minimum Gasteiger partial charge on any atom is -0.452 e. The molecule has 126 valence electrons. The average molecular weight is 353 g/mol. The lowest BCUT2D eigenvalue weighted by Gasteiger charge is -2.22. The number of alkyl halides is 1. The summed E-state index contributed by atoms with van der Waals surface area (Å²) in [5.74, 6) is -0.248. The molecule has 2 rings (SSSR count). The van der Waals surface area contributed by atoms with Gasteiger partial charge in [-0.1, -0.05) is 30.3 Å². The molecule has 0 fully saturated rings. The van der Waals surface area contributed by atoms with Gasteiger partial charge in [0, 0.05) is 22.3 Å². The van der Waals surface area contributed by atoms with Gasteiger partial charge in [-0.2, -0.15) is 0 Å². The van der Waals surface area contributed by atoms with Crippen molar-refractivity contribution in [2.75, 3.05) is 6.26 Å². The Kier molecular flexibility index (Phi) is 6.60. The zero-order chi connectivity index (χ0) is 16.9. The summed E-state index contributed by atoms with van der Waals surface area (Å²) in [5.41, 5.74) is 2.34. The second kappa shape index (κ2) is 8.25. The van der Waals surface area contributed by atoms with Gasteiger partial charge in [0.15, 0.2) is 6.10 Å². The molecule has 0 radical (unpaired) electrons. The Morgan fingerprint density at radius 1 is 1.35 bits per heavy atom. The normalized spacial score (nSPS) is 28.0. The highest BCUT2D eigenvalue weighted by Crippen LogP contribution is 2.38. The number of carbonyl (C=O) groups is 1. The van der Waals surface area contributed by atoms with E-state index in [-0.39, 0.29) is 16.9 Å². The monoisotopic (exact) mass is 352 g/mol. The number of hydrogen-bond donors (Lipinski definition) is 0. The van der Waals surface area contributed by atoms with E-state index in [1.165, 1.54) is 12.5 Å². The van der Waals surface area contributed by atoms with Crippen LogP contribution in [0.5, 0.6) is 0 Å². The minimum atomic E-state index is -0.307. The molecular formula is C19H25ClO2S. The summed E-state index contributed by atoms with van der Waals surface area (Å²) in [6.45, 7) is 3.59. The maximum atomic E-state index is 11.6. The van der Waals surface area contributed by atoms with Crippen molar-refractivity contribution in [2.24, 2.45) is 0 Å². The standard InChI is InChI=1S/C19H25ClO2S/c1-14(21)22-18-16-10-5-4-8-15(16)9-6-12-19(2,20)13-7-11-17(18)23-3/h4-5,8,10-11,18H,6-7,9,12-13H2,1-3H3/b17-11+. The van der Waals surface area contributed by atoms with Crippen LogP contribution < -0.4 is 0 Å². The van der Waals surface area contributed by atoms with E-state index < -0.39 is 0 Å². The number of rotatable bonds is 2. The maximum absolute atomic E-state index is 11.6. The first-order chi connectivity index (χ1) is 10.9. The summed E-state index contributed by atoms with van der Waals surface area (Å²) in [6, 6.07) is 8.27. The second-order valence-corrected chi connectivity index (χ2v) is 8.10. The van der Waals surface area contributed by atoms with Crippen LogP contribution in [0.4, 0.5) is 0 Å². The van der Waals surface area contributed by atoms with Gasteiger partial charge in [0.1, 0.15) is 0 Å². The fourth-order valence-corrected chi connectivity index (χ4v) is 3.96. The lowest BCUT2D eigenvalue weighted by Crippen LogP contribution is -2.16. The van der Waals surface area contributed by atoms with Crippen LogP contribution in [-0.2, 0) is 16.0 Å². The van der Waals surface area contributed by atoms with Gasteiger partial charge in [-0.3, -0.25) is 4.79 Å². The van der Waals surface area contributed by atoms with Crippen LogP contribution in [0.1, 0.15) is 56.8 Å². The molecule has 0 saturated heterocycles. The number of ether oxygens (including phenoxy) is 1. The zero-order valence-electron chi connectivity index (χ0n) is 14.1. The molecule has 0 heterocycles. The second-order valence-electron chi connectivity index (χ2n) is 6.30. The van der Waals surface area contributed by atoms with Gasteiger partial charge in [-0.25, -0.2) is 0 Å². The highest BCUT2D eigenvalue weighted by atomic mass is 35.5. The predicted molar refractivity (Wildman–Crippen MR) is 99.0 cm³/mol. The summed E-state index contributed by atoms with van der Waals surface area (Å²) >= 11 is 8.29. The summed E-state index contributed by atoms with van der Waals surface area (Å²) in [4.78, 5) is 12.5. The molecule has 0 spiro atoms. The fourth-order valence-electron chi connectivity index (χ4n) is 3.04. The van der Waals surface area contributed by atoms with E-state index in [0.717, 1.165) is 42.6 Å². The highest BCUT2D eigenvalue weighted by Gasteiger charge is 2.25. The lowest BCUT2D eigenvalue weighted by atomic mass is 9.94. The Morgan fingerprint density at radius 3 is 2.78 bits per heavy atom. The van der Waals surface area contributed by atoms with Crippen molar-refractivity contribution >= 4 is 29.3 Å². The Morgan fingerprint density at radius 2 is 2.09 bits per heavy atom. The third-order valence-electron chi connectivity index (χ3n) is 4.27. The van der Waals surface area contributed by atoms with Gasteiger partial charge in [0.25, 0.3) is 0 Å². The van der Waals surface area contributed by atoms with Gasteiger partial charge in [0.05, 0.1) is 0 Å². The molecule has 23 heavy (non-hydrogen) atoms. The van der Waals surface area contributed by atoms with Crippen LogP contribution >= 0.6 is 23.4 Å². The first-order valence-electron chi connectivity index (χ1n) is 8.11. The van der Waals surface area contributed by atoms with Crippen molar-refractivity contribution in [3.63, 3.8) is 0 Å². The highest BCUT2D eigenvalue weighted by molar-refractivity contribution is 8.02. The number of aryl methyl sites for hydroxylation is 1. The number of halogens is 1. The van der Waals surface area contributed by atoms with E-state index in [9.17, 15) is 4.79 Å². The van der Waals surface area contributed by atoms with Gasteiger partial charge >= 0.3 is 5.97 Å². The Hall–Kier alpha value is -0.930. The number of hydrogen-bond acceptors (Lipinski definition) is 3. The Bertz CT molecular complexity index is 580. The molecule has 0 aliphatic heterocycles. The van der Waals surface area contributed by atoms with Crippen LogP contribution in [0.15, 0.2) is 35.2 Å². The van der Waals surface area contributed by atoms with Crippen molar-refractivity contribution in [1.29, 1.82) is 0 Å². The molecule has 1 aliphatic carbocycles. The molecule has 2 atom stereocenters. The summed E-state index contributed by atoms with van der Waals surface area (Å²) in [7, 11) is 0. The van der Waals surface area contributed by atoms with Crippen molar-refractivity contribution in [3.8, 4) is 0 Å². The zero-order valence-corrected chi connectivity index (χ0v) is 15.7. The van der Waals surface area contributed by atoms with Crippen LogP contribution in [0.25, 0.3) is 0 Å². The van der Waals surface area contributed by atoms with E-state index in [1.807, 2.05) is 18.4 Å². The molecule has 4 heteroatoms. The number of carbonyl (C=O) groups excluding carboxylic acids is 1. The van der Waals surface area contributed by atoms with Crippen molar-refractivity contribution < 1.29 is 9.53 Å². The molecule has 0 bridgehead atoms. The largest absolute Gasteiger partial charge is 0.452 e. The Balaban J connectivity index is 2.45. The summed E-state index contributed by atoms with van der Waals surface area (Å²) in [5, 5.41) is 0. The van der Waals surface area contributed by atoms with E-state index in [4.69, 9.17) is 16.3 Å². The van der Waals surface area contributed by atoms with E-state index >= 15 is 0 Å². The first-order valence-corrected chi connectivity index (χ1v) is 9.71. The SMILES string of the molecule is CS/C1=C/CCC(C)(Cl)CCCc2ccccc2C1OC(C)=O. The molecule has 2 unspecified atom stereocenters. The number of benzene rings is 1. The lowest BCUT2D eigenvalue weighted by molar-refractivity contribution is -0.144. The average Bonchev–Trinajstić information content (AvgIpc) is 2.51. The number of esters is 1. The van der Waals surface area contributed by atoms with E-state index in [1.54, 1.807) is 11.8 Å². The van der Waals surface area contributed by atoms with Crippen molar-refractivity contribution in [1.82, 2.24) is 0 Å². The van der Waals surface area contributed by atoms with Crippen LogP contribution in [-0.4, -0.2) is 17.1 Å².